The van der Waals surface area contributed by atoms with Gasteiger partial charge in [0.05, 0.1) is 17.4 Å². The molecule has 3 heterocycles. The zero-order valence-corrected chi connectivity index (χ0v) is 13.5. The van der Waals surface area contributed by atoms with Crippen LogP contribution in [0.3, 0.4) is 0 Å². The van der Waals surface area contributed by atoms with Crippen molar-refractivity contribution in [3.05, 3.63) is 22.4 Å². The Morgan fingerprint density at radius 1 is 1.33 bits per heavy atom. The maximum Gasteiger partial charge on any atom is 0.309 e. The van der Waals surface area contributed by atoms with Gasteiger partial charge >= 0.3 is 5.97 Å². The molecule has 0 spiro atoms. The van der Waals surface area contributed by atoms with Crippen LogP contribution in [0.15, 0.2) is 17.5 Å². The summed E-state index contributed by atoms with van der Waals surface area (Å²) in [6.07, 6.45) is 1.40. The summed E-state index contributed by atoms with van der Waals surface area (Å²) in [5, 5.41) is 2.04. The topological polar surface area (TPSA) is 46.6 Å². The molecule has 0 radical (unpaired) electrons. The van der Waals surface area contributed by atoms with E-state index in [1.54, 1.807) is 22.7 Å². The highest BCUT2D eigenvalue weighted by molar-refractivity contribution is 7.27. The maximum atomic E-state index is 12.5. The van der Waals surface area contributed by atoms with E-state index in [9.17, 15) is 9.59 Å². The van der Waals surface area contributed by atoms with Crippen molar-refractivity contribution in [3.8, 4) is 0 Å². The van der Waals surface area contributed by atoms with Gasteiger partial charge in [-0.1, -0.05) is 0 Å². The Labute approximate surface area is 131 Å². The van der Waals surface area contributed by atoms with Gasteiger partial charge in [-0.25, -0.2) is 0 Å². The first-order valence-corrected chi connectivity index (χ1v) is 8.81. The highest BCUT2D eigenvalue weighted by Gasteiger charge is 2.29. The zero-order valence-electron chi connectivity index (χ0n) is 11.8. The van der Waals surface area contributed by atoms with Gasteiger partial charge in [0, 0.05) is 22.5 Å². The van der Waals surface area contributed by atoms with E-state index in [0.29, 0.717) is 32.5 Å². The molecule has 6 heteroatoms. The molecular weight excluding hydrogens is 306 g/mol. The Balaban J connectivity index is 1.62. The van der Waals surface area contributed by atoms with Gasteiger partial charge in [0.1, 0.15) is 0 Å². The van der Waals surface area contributed by atoms with Crippen molar-refractivity contribution < 1.29 is 14.3 Å². The molecule has 1 saturated heterocycles. The van der Waals surface area contributed by atoms with Crippen LogP contribution in [0.4, 0.5) is 0 Å². The summed E-state index contributed by atoms with van der Waals surface area (Å²) in [6, 6.07) is 4.03. The minimum absolute atomic E-state index is 0.0548. The van der Waals surface area contributed by atoms with Crippen molar-refractivity contribution in [1.82, 2.24) is 4.90 Å². The number of rotatable bonds is 3. The largest absolute Gasteiger partial charge is 0.466 e. The zero-order chi connectivity index (χ0) is 14.8. The number of esters is 1. The molecule has 112 valence electrons. The molecule has 1 aliphatic heterocycles. The van der Waals surface area contributed by atoms with Gasteiger partial charge in [-0.2, -0.15) is 0 Å². The molecule has 0 saturated carbocycles. The van der Waals surface area contributed by atoms with E-state index in [0.717, 1.165) is 4.88 Å². The van der Waals surface area contributed by atoms with E-state index in [2.05, 4.69) is 6.07 Å². The van der Waals surface area contributed by atoms with E-state index >= 15 is 0 Å². The number of ether oxygens (including phenoxy) is 1. The summed E-state index contributed by atoms with van der Waals surface area (Å²) < 4.78 is 7.39. The molecule has 0 aliphatic carbocycles. The molecule has 3 rings (SSSR count). The van der Waals surface area contributed by atoms with Crippen LogP contribution in [-0.2, 0) is 9.53 Å². The maximum absolute atomic E-state index is 12.5. The number of hydrogen-bond acceptors (Lipinski definition) is 5. The Morgan fingerprint density at radius 2 is 2.10 bits per heavy atom. The third kappa shape index (κ3) is 2.96. The van der Waals surface area contributed by atoms with Crippen LogP contribution >= 0.6 is 22.7 Å². The predicted octanol–water partition coefficient (Wildman–Crippen LogP) is 3.38. The fourth-order valence-corrected chi connectivity index (χ4v) is 4.68. The number of thiophene rings is 2. The number of piperidine rings is 1. The molecular formula is C15H17NO3S2. The van der Waals surface area contributed by atoms with Gasteiger partial charge < -0.3 is 9.64 Å². The molecule has 0 aromatic carbocycles. The molecule has 1 amide bonds. The van der Waals surface area contributed by atoms with Crippen molar-refractivity contribution >= 4 is 43.9 Å². The third-order valence-corrected chi connectivity index (χ3v) is 5.83. The monoisotopic (exact) mass is 323 g/mol. The van der Waals surface area contributed by atoms with Crippen molar-refractivity contribution in [2.75, 3.05) is 19.7 Å². The van der Waals surface area contributed by atoms with Crippen molar-refractivity contribution in [2.24, 2.45) is 5.92 Å². The molecule has 4 nitrogen and oxygen atoms in total. The highest BCUT2D eigenvalue weighted by atomic mass is 32.1. The molecule has 0 atom stereocenters. The van der Waals surface area contributed by atoms with Gasteiger partial charge in [0.2, 0.25) is 0 Å². The van der Waals surface area contributed by atoms with Crippen LogP contribution < -0.4 is 0 Å². The Hall–Kier alpha value is -1.40. The number of carbonyl (C=O) groups excluding carboxylic acids is 2. The summed E-state index contributed by atoms with van der Waals surface area (Å²) in [5.41, 5.74) is 0. The van der Waals surface area contributed by atoms with E-state index in [1.807, 2.05) is 23.3 Å². The van der Waals surface area contributed by atoms with Crippen LogP contribution in [0.5, 0.6) is 0 Å². The summed E-state index contributed by atoms with van der Waals surface area (Å²) >= 11 is 3.21. The minimum atomic E-state index is -0.124. The summed E-state index contributed by atoms with van der Waals surface area (Å²) in [6.45, 7) is 3.50. The van der Waals surface area contributed by atoms with Crippen molar-refractivity contribution in [2.45, 2.75) is 19.8 Å². The van der Waals surface area contributed by atoms with Crippen LogP contribution in [0.25, 0.3) is 9.40 Å². The van der Waals surface area contributed by atoms with E-state index in [4.69, 9.17) is 4.74 Å². The Kier molecular flexibility index (Phi) is 4.26. The third-order valence-electron chi connectivity index (χ3n) is 3.75. The average molecular weight is 323 g/mol. The summed E-state index contributed by atoms with van der Waals surface area (Å²) in [5.74, 6) is -0.0900. The lowest BCUT2D eigenvalue weighted by molar-refractivity contribution is -0.149. The van der Waals surface area contributed by atoms with E-state index in [-0.39, 0.29) is 17.8 Å². The van der Waals surface area contributed by atoms with Gasteiger partial charge in [0.15, 0.2) is 0 Å². The average Bonchev–Trinajstić information content (AvgIpc) is 3.08. The first kappa shape index (κ1) is 14.5. The molecule has 1 fully saturated rings. The van der Waals surface area contributed by atoms with Crippen LogP contribution in [0.1, 0.15) is 29.4 Å². The number of amides is 1. The molecule has 2 aromatic heterocycles. The second kappa shape index (κ2) is 6.15. The molecule has 0 bridgehead atoms. The Bertz CT molecular complexity index is 624. The minimum Gasteiger partial charge on any atom is -0.466 e. The Morgan fingerprint density at radius 3 is 2.76 bits per heavy atom. The number of hydrogen-bond donors (Lipinski definition) is 0. The second-order valence-electron chi connectivity index (χ2n) is 5.08. The van der Waals surface area contributed by atoms with Gasteiger partial charge in [-0.3, -0.25) is 9.59 Å². The number of carbonyl (C=O) groups is 2. The lowest BCUT2D eigenvalue weighted by Gasteiger charge is -2.30. The smallest absolute Gasteiger partial charge is 0.309 e. The van der Waals surface area contributed by atoms with Crippen LogP contribution in [0.2, 0.25) is 0 Å². The van der Waals surface area contributed by atoms with E-state index in [1.165, 1.54) is 9.40 Å². The van der Waals surface area contributed by atoms with Gasteiger partial charge in [-0.15, -0.1) is 22.7 Å². The van der Waals surface area contributed by atoms with Crippen LogP contribution in [0, 0.1) is 5.92 Å². The van der Waals surface area contributed by atoms with Crippen LogP contribution in [-0.4, -0.2) is 36.5 Å². The van der Waals surface area contributed by atoms with Gasteiger partial charge in [0.25, 0.3) is 5.91 Å². The molecule has 21 heavy (non-hydrogen) atoms. The molecule has 2 aromatic rings. The first-order valence-electron chi connectivity index (χ1n) is 7.12. The fraction of sp³-hybridized carbons (Fsp3) is 0.467. The lowest BCUT2D eigenvalue weighted by Crippen LogP contribution is -2.40. The van der Waals surface area contributed by atoms with E-state index < -0.39 is 0 Å². The molecule has 1 aliphatic rings. The standard InChI is InChI=1S/C15H17NO3S2/c1-2-19-15(18)10-3-6-16(7-4-10)14(17)13-9-12-11(21-13)5-8-20-12/h5,8-10H,2-4,6-7H2,1H3. The molecule has 0 unspecified atom stereocenters. The predicted molar refractivity (Wildman–Crippen MR) is 85.0 cm³/mol. The fourth-order valence-electron chi connectivity index (χ4n) is 2.61. The second-order valence-corrected chi connectivity index (χ2v) is 7.11. The lowest BCUT2D eigenvalue weighted by atomic mass is 9.97. The van der Waals surface area contributed by atoms with Gasteiger partial charge in [-0.05, 0) is 37.3 Å². The summed E-state index contributed by atoms with van der Waals surface area (Å²) in [7, 11) is 0. The highest BCUT2D eigenvalue weighted by Crippen LogP contribution is 2.31. The summed E-state index contributed by atoms with van der Waals surface area (Å²) in [4.78, 5) is 26.8. The molecule has 0 N–H and O–H groups in total. The van der Waals surface area contributed by atoms with Crippen molar-refractivity contribution in [1.29, 1.82) is 0 Å². The normalized spacial score (nSPS) is 16.3. The number of nitrogens with zero attached hydrogens (tertiary/aromatic N) is 1. The SMILES string of the molecule is CCOC(=O)C1CCN(C(=O)c2cc3sccc3s2)CC1. The number of fused-ring (bicyclic) bond motifs is 1. The first-order chi connectivity index (χ1) is 10.2. The van der Waals surface area contributed by atoms with Crippen molar-refractivity contribution in [3.63, 3.8) is 0 Å². The quantitative estimate of drug-likeness (QED) is 0.814. The number of likely N-dealkylation sites (tertiary alicyclic amines) is 1.